The zero-order valence-electron chi connectivity index (χ0n) is 11.9. The third kappa shape index (κ3) is 3.90. The molecule has 0 aromatic heterocycles. The standard InChI is InChI=1S/C12H19N3O5S/c1-3-13-11-6-5-10(15(17)18)9-12(11)21(19,20)14(4-2)7-8-16/h5-6,9,13,16H,3-4,7-8H2,1-2H3. The van der Waals surface area contributed by atoms with E-state index in [0.717, 1.165) is 10.4 Å². The molecular formula is C12H19N3O5S. The molecule has 0 atom stereocenters. The molecule has 0 aliphatic heterocycles. The third-order valence-electron chi connectivity index (χ3n) is 2.86. The Kier molecular flexibility index (Phi) is 6.06. The summed E-state index contributed by atoms with van der Waals surface area (Å²) in [5.74, 6) is 0. The van der Waals surface area contributed by atoms with Gasteiger partial charge in [0.25, 0.3) is 5.69 Å². The Hall–Kier alpha value is -1.71. The maximum atomic E-state index is 12.6. The molecule has 1 aromatic rings. The largest absolute Gasteiger partial charge is 0.395 e. The van der Waals surface area contributed by atoms with Crippen LogP contribution in [-0.4, -0.2) is 49.0 Å². The molecule has 2 N–H and O–H groups in total. The highest BCUT2D eigenvalue weighted by atomic mass is 32.2. The van der Waals surface area contributed by atoms with Gasteiger partial charge in [0.05, 0.1) is 17.2 Å². The van der Waals surface area contributed by atoms with E-state index >= 15 is 0 Å². The van der Waals surface area contributed by atoms with Crippen molar-refractivity contribution in [2.45, 2.75) is 18.7 Å². The average molecular weight is 317 g/mol. The predicted octanol–water partition coefficient (Wildman–Crippen LogP) is 1.03. The monoisotopic (exact) mass is 317 g/mol. The molecule has 0 saturated carbocycles. The van der Waals surface area contributed by atoms with Gasteiger partial charge >= 0.3 is 0 Å². The molecule has 0 amide bonds. The van der Waals surface area contributed by atoms with E-state index in [4.69, 9.17) is 5.11 Å². The topological polar surface area (TPSA) is 113 Å². The van der Waals surface area contributed by atoms with Crippen molar-refractivity contribution >= 4 is 21.4 Å². The second-order valence-corrected chi connectivity index (χ2v) is 6.09. The van der Waals surface area contributed by atoms with E-state index in [2.05, 4.69) is 5.32 Å². The Balaban J connectivity index is 3.42. The van der Waals surface area contributed by atoms with E-state index in [1.807, 2.05) is 0 Å². The fourth-order valence-electron chi connectivity index (χ4n) is 1.87. The van der Waals surface area contributed by atoms with Gasteiger partial charge in [0.2, 0.25) is 10.0 Å². The number of anilines is 1. The van der Waals surface area contributed by atoms with Crippen molar-refractivity contribution < 1.29 is 18.4 Å². The van der Waals surface area contributed by atoms with Gasteiger partial charge in [-0.15, -0.1) is 0 Å². The van der Waals surface area contributed by atoms with Crippen LogP contribution in [-0.2, 0) is 10.0 Å². The van der Waals surface area contributed by atoms with Crippen LogP contribution in [0.3, 0.4) is 0 Å². The lowest BCUT2D eigenvalue weighted by atomic mass is 10.3. The van der Waals surface area contributed by atoms with Crippen molar-refractivity contribution in [2.75, 3.05) is 31.6 Å². The average Bonchev–Trinajstić information content (AvgIpc) is 2.44. The quantitative estimate of drug-likeness (QED) is 0.547. The van der Waals surface area contributed by atoms with Crippen LogP contribution in [0.2, 0.25) is 0 Å². The number of nitro benzene ring substituents is 1. The molecule has 0 fully saturated rings. The van der Waals surface area contributed by atoms with E-state index in [-0.39, 0.29) is 30.3 Å². The number of aliphatic hydroxyl groups excluding tert-OH is 1. The Morgan fingerprint density at radius 2 is 2.05 bits per heavy atom. The minimum Gasteiger partial charge on any atom is -0.395 e. The van der Waals surface area contributed by atoms with Crippen molar-refractivity contribution in [3.63, 3.8) is 0 Å². The molecule has 0 heterocycles. The predicted molar refractivity (Wildman–Crippen MR) is 78.8 cm³/mol. The summed E-state index contributed by atoms with van der Waals surface area (Å²) in [5, 5.41) is 22.7. The van der Waals surface area contributed by atoms with Crippen LogP contribution in [0.4, 0.5) is 11.4 Å². The summed E-state index contributed by atoms with van der Waals surface area (Å²) in [6, 6.07) is 3.66. The minimum atomic E-state index is -3.92. The first-order chi connectivity index (χ1) is 9.88. The van der Waals surface area contributed by atoms with Crippen molar-refractivity contribution in [1.29, 1.82) is 0 Å². The maximum absolute atomic E-state index is 12.6. The van der Waals surface area contributed by atoms with Gasteiger partial charge < -0.3 is 10.4 Å². The van der Waals surface area contributed by atoms with E-state index in [9.17, 15) is 18.5 Å². The van der Waals surface area contributed by atoms with Gasteiger partial charge in [0.1, 0.15) is 4.90 Å². The zero-order valence-corrected chi connectivity index (χ0v) is 12.8. The normalized spacial score (nSPS) is 11.6. The molecule has 0 spiro atoms. The number of rotatable bonds is 8. The first kappa shape index (κ1) is 17.3. The molecule has 0 unspecified atom stereocenters. The molecule has 0 aliphatic rings. The Morgan fingerprint density at radius 3 is 2.52 bits per heavy atom. The molecule has 0 aliphatic carbocycles. The number of aliphatic hydroxyl groups is 1. The number of benzene rings is 1. The Morgan fingerprint density at radius 1 is 1.38 bits per heavy atom. The first-order valence-corrected chi connectivity index (χ1v) is 7.95. The summed E-state index contributed by atoms with van der Waals surface area (Å²) >= 11 is 0. The number of sulfonamides is 1. The van der Waals surface area contributed by atoms with Crippen molar-refractivity contribution in [3.8, 4) is 0 Å². The Labute approximate surface area is 123 Å². The number of nitrogens with one attached hydrogen (secondary N) is 1. The highest BCUT2D eigenvalue weighted by Crippen LogP contribution is 2.28. The van der Waals surface area contributed by atoms with Crippen LogP contribution in [0.15, 0.2) is 23.1 Å². The summed E-state index contributed by atoms with van der Waals surface area (Å²) in [7, 11) is -3.92. The lowest BCUT2D eigenvalue weighted by Crippen LogP contribution is -2.33. The van der Waals surface area contributed by atoms with Gasteiger partial charge in [-0.3, -0.25) is 10.1 Å². The van der Waals surface area contributed by atoms with Crippen LogP contribution >= 0.6 is 0 Å². The number of non-ortho nitro benzene ring substituents is 1. The Bertz CT molecular complexity index is 603. The highest BCUT2D eigenvalue weighted by molar-refractivity contribution is 7.89. The zero-order chi connectivity index (χ0) is 16.0. The molecular weight excluding hydrogens is 298 g/mol. The van der Waals surface area contributed by atoms with Crippen LogP contribution in [0, 0.1) is 10.1 Å². The van der Waals surface area contributed by atoms with Gasteiger partial charge in [-0.05, 0) is 13.0 Å². The number of likely N-dealkylation sites (N-methyl/N-ethyl adjacent to an activating group) is 1. The maximum Gasteiger partial charge on any atom is 0.270 e. The van der Waals surface area contributed by atoms with Crippen LogP contribution in [0.1, 0.15) is 13.8 Å². The molecule has 0 saturated heterocycles. The fourth-order valence-corrected chi connectivity index (χ4v) is 3.50. The first-order valence-electron chi connectivity index (χ1n) is 6.51. The number of hydrogen-bond donors (Lipinski definition) is 2. The van der Waals surface area contributed by atoms with Gasteiger partial charge in [-0.1, -0.05) is 6.92 Å². The third-order valence-corrected chi connectivity index (χ3v) is 4.88. The molecule has 0 bridgehead atoms. The second-order valence-electron chi connectivity index (χ2n) is 4.19. The van der Waals surface area contributed by atoms with Crippen LogP contribution in [0.25, 0.3) is 0 Å². The molecule has 8 nitrogen and oxygen atoms in total. The fraction of sp³-hybridized carbons (Fsp3) is 0.500. The van der Waals surface area contributed by atoms with E-state index in [1.165, 1.54) is 12.1 Å². The van der Waals surface area contributed by atoms with Gasteiger partial charge in [0.15, 0.2) is 0 Å². The second kappa shape index (κ2) is 7.34. The molecule has 118 valence electrons. The highest BCUT2D eigenvalue weighted by Gasteiger charge is 2.27. The number of nitro groups is 1. The van der Waals surface area contributed by atoms with Crippen LogP contribution in [0.5, 0.6) is 0 Å². The van der Waals surface area contributed by atoms with Crippen molar-refractivity contribution in [1.82, 2.24) is 4.31 Å². The molecule has 1 aromatic carbocycles. The molecule has 9 heteroatoms. The van der Waals surface area contributed by atoms with Gasteiger partial charge in [0, 0.05) is 31.8 Å². The SMILES string of the molecule is CCNc1ccc([N+](=O)[O-])cc1S(=O)(=O)N(CC)CCO. The van der Waals surface area contributed by atoms with Crippen LogP contribution < -0.4 is 5.32 Å². The van der Waals surface area contributed by atoms with Gasteiger partial charge in [-0.25, -0.2) is 8.42 Å². The van der Waals surface area contributed by atoms with Crippen molar-refractivity contribution in [3.05, 3.63) is 28.3 Å². The molecule has 0 radical (unpaired) electrons. The van der Waals surface area contributed by atoms with Crippen molar-refractivity contribution in [2.24, 2.45) is 0 Å². The summed E-state index contributed by atoms with van der Waals surface area (Å²) in [6.45, 7) is 3.69. The van der Waals surface area contributed by atoms with E-state index in [0.29, 0.717) is 12.2 Å². The molecule has 1 rings (SSSR count). The smallest absolute Gasteiger partial charge is 0.270 e. The molecule has 21 heavy (non-hydrogen) atoms. The summed E-state index contributed by atoms with van der Waals surface area (Å²) in [4.78, 5) is 10.1. The number of nitrogens with zero attached hydrogens (tertiary/aromatic N) is 2. The number of hydrogen-bond acceptors (Lipinski definition) is 6. The lowest BCUT2D eigenvalue weighted by Gasteiger charge is -2.21. The lowest BCUT2D eigenvalue weighted by molar-refractivity contribution is -0.385. The van der Waals surface area contributed by atoms with E-state index in [1.54, 1.807) is 13.8 Å². The van der Waals surface area contributed by atoms with E-state index < -0.39 is 14.9 Å². The summed E-state index contributed by atoms with van der Waals surface area (Å²) in [6.07, 6.45) is 0. The van der Waals surface area contributed by atoms with Gasteiger partial charge in [-0.2, -0.15) is 4.31 Å². The summed E-state index contributed by atoms with van der Waals surface area (Å²) < 4.78 is 26.2. The minimum absolute atomic E-state index is 0.0624. The summed E-state index contributed by atoms with van der Waals surface area (Å²) in [5.41, 5.74) is 0.00905.